The van der Waals surface area contributed by atoms with Gasteiger partial charge in [0.25, 0.3) is 0 Å². The van der Waals surface area contributed by atoms with Crippen molar-refractivity contribution in [2.45, 2.75) is 43.8 Å². The number of aliphatic hydroxyl groups is 2. The van der Waals surface area contributed by atoms with E-state index in [0.717, 1.165) is 68.5 Å². The first-order valence-electron chi connectivity index (χ1n) is 13.2. The van der Waals surface area contributed by atoms with Crippen LogP contribution >= 0.6 is 22.7 Å². The molecule has 3 saturated heterocycles. The average Bonchev–Trinajstić information content (AvgIpc) is 3.66. The van der Waals surface area contributed by atoms with E-state index in [0.29, 0.717) is 22.3 Å². The molecule has 1 aromatic carbocycles. The maximum Gasteiger partial charge on any atom is 0.349 e. The number of piperidine rings is 3. The Labute approximate surface area is 226 Å². The van der Waals surface area contributed by atoms with Gasteiger partial charge in [-0.1, -0.05) is 24.3 Å². The van der Waals surface area contributed by atoms with Crippen molar-refractivity contribution in [3.8, 4) is 5.75 Å². The number of hydrogen-bond acceptors (Lipinski definition) is 7. The van der Waals surface area contributed by atoms with Crippen LogP contribution in [-0.4, -0.2) is 66.2 Å². The predicted octanol–water partition coefficient (Wildman–Crippen LogP) is 4.59. The topological polar surface area (TPSA) is 76.0 Å². The first kappa shape index (κ1) is 26.4. The van der Waals surface area contributed by atoms with E-state index in [1.165, 1.54) is 28.2 Å². The van der Waals surface area contributed by atoms with E-state index >= 15 is 0 Å². The van der Waals surface area contributed by atoms with Crippen LogP contribution in [0.25, 0.3) is 0 Å². The quantitative estimate of drug-likeness (QED) is 0.199. The van der Waals surface area contributed by atoms with Crippen LogP contribution in [0.3, 0.4) is 0 Å². The van der Waals surface area contributed by atoms with Gasteiger partial charge in [0.05, 0.1) is 36.0 Å². The monoisotopic (exact) mass is 542 g/mol. The van der Waals surface area contributed by atoms with Crippen molar-refractivity contribution in [3.05, 3.63) is 74.6 Å². The first-order valence-corrected chi connectivity index (χ1v) is 15.0. The molecule has 5 heterocycles. The smallest absolute Gasteiger partial charge is 0.349 e. The van der Waals surface area contributed by atoms with Gasteiger partial charge in [-0.25, -0.2) is 4.79 Å². The molecule has 0 saturated carbocycles. The molecule has 3 aromatic rings. The summed E-state index contributed by atoms with van der Waals surface area (Å²) >= 11 is 2.75. The number of esters is 1. The van der Waals surface area contributed by atoms with Crippen molar-refractivity contribution in [2.75, 3.05) is 39.4 Å². The Bertz CT molecular complexity index is 1090. The van der Waals surface area contributed by atoms with Gasteiger partial charge < -0.3 is 24.2 Å². The molecule has 2 aromatic heterocycles. The summed E-state index contributed by atoms with van der Waals surface area (Å²) in [5, 5.41) is 24.4. The molecular formula is C29H36NO5S2+. The molecule has 0 amide bonds. The standard InChI is InChI=1S/C29H36NO5S2/c31-17-1-5-22-8-10-24(11-9-22)34-18-4-14-30-15-12-23(13-16-30)25(21-30)35-28(32)29(33,26-6-2-19-36-26)27-7-3-20-37-27/h2-3,6-11,19-20,23,25,31,33H,1,4-5,12-18,21H2/q+1. The van der Waals surface area contributed by atoms with Gasteiger partial charge in [-0.15, -0.1) is 22.7 Å². The minimum atomic E-state index is -1.75. The number of ether oxygens (including phenoxy) is 2. The molecule has 6 rings (SSSR count). The van der Waals surface area contributed by atoms with E-state index < -0.39 is 11.6 Å². The molecule has 2 bridgehead atoms. The van der Waals surface area contributed by atoms with Crippen LogP contribution in [0.5, 0.6) is 5.75 Å². The third kappa shape index (κ3) is 5.78. The SMILES string of the molecule is O=C(OC1C[N+]2(CCCOc3ccc(CCCO)cc3)CCC1CC2)C(O)(c1cccs1)c1cccs1. The summed E-state index contributed by atoms with van der Waals surface area (Å²) in [6.45, 7) is 4.89. The van der Waals surface area contributed by atoms with Crippen LogP contribution in [0, 0.1) is 5.92 Å². The van der Waals surface area contributed by atoms with E-state index in [1.807, 2.05) is 35.0 Å². The summed E-state index contributed by atoms with van der Waals surface area (Å²) < 4.78 is 13.1. The largest absolute Gasteiger partial charge is 0.493 e. The Morgan fingerprint density at radius 3 is 2.27 bits per heavy atom. The maximum absolute atomic E-state index is 13.5. The Hall–Kier alpha value is -2.23. The highest BCUT2D eigenvalue weighted by Crippen LogP contribution is 2.40. The highest BCUT2D eigenvalue weighted by molar-refractivity contribution is 7.12. The van der Waals surface area contributed by atoms with Gasteiger partial charge >= 0.3 is 5.97 Å². The lowest BCUT2D eigenvalue weighted by atomic mass is 9.83. The van der Waals surface area contributed by atoms with Crippen LogP contribution < -0.4 is 4.74 Å². The van der Waals surface area contributed by atoms with Crippen LogP contribution in [0.1, 0.15) is 41.0 Å². The van der Waals surface area contributed by atoms with Gasteiger partial charge in [0.15, 0.2) is 6.10 Å². The van der Waals surface area contributed by atoms with Crippen molar-refractivity contribution in [3.63, 3.8) is 0 Å². The lowest BCUT2D eigenvalue weighted by molar-refractivity contribution is -0.946. The minimum Gasteiger partial charge on any atom is -0.493 e. The highest BCUT2D eigenvalue weighted by atomic mass is 32.1. The lowest BCUT2D eigenvalue weighted by Gasteiger charge is -2.52. The number of aryl methyl sites for hydroxylation is 1. The summed E-state index contributed by atoms with van der Waals surface area (Å²) in [4.78, 5) is 14.7. The molecule has 2 N–H and O–H groups in total. The van der Waals surface area contributed by atoms with Crippen molar-refractivity contribution in [1.29, 1.82) is 0 Å². The van der Waals surface area contributed by atoms with Crippen molar-refractivity contribution >= 4 is 28.6 Å². The van der Waals surface area contributed by atoms with Gasteiger partial charge in [0, 0.05) is 31.8 Å². The van der Waals surface area contributed by atoms with Crippen LogP contribution in [0.15, 0.2) is 59.3 Å². The average molecular weight is 543 g/mol. The van der Waals surface area contributed by atoms with E-state index in [4.69, 9.17) is 14.6 Å². The summed E-state index contributed by atoms with van der Waals surface area (Å²) in [6.07, 6.45) is 4.51. The van der Waals surface area contributed by atoms with Crippen molar-refractivity contribution in [2.24, 2.45) is 5.92 Å². The zero-order valence-electron chi connectivity index (χ0n) is 21.1. The number of carbonyl (C=O) groups excluding carboxylic acids is 1. The molecule has 1 unspecified atom stereocenters. The zero-order chi connectivity index (χ0) is 25.7. The fraction of sp³-hybridized carbons (Fsp3) is 0.483. The number of aliphatic hydroxyl groups excluding tert-OH is 1. The molecule has 3 aliphatic heterocycles. The number of nitrogens with zero attached hydrogens (tertiary/aromatic N) is 1. The molecule has 3 aliphatic rings. The molecule has 198 valence electrons. The third-order valence-electron chi connectivity index (χ3n) is 7.94. The van der Waals surface area contributed by atoms with Gasteiger partial charge in [-0.3, -0.25) is 0 Å². The molecule has 8 heteroatoms. The Balaban J connectivity index is 1.17. The minimum absolute atomic E-state index is 0.172. The molecular weight excluding hydrogens is 506 g/mol. The molecule has 0 radical (unpaired) electrons. The normalized spacial score (nSPS) is 23.2. The lowest BCUT2D eigenvalue weighted by Crippen LogP contribution is -2.65. The van der Waals surface area contributed by atoms with Gasteiger partial charge in [0.1, 0.15) is 12.3 Å². The second-order valence-electron chi connectivity index (χ2n) is 10.3. The van der Waals surface area contributed by atoms with E-state index in [9.17, 15) is 9.90 Å². The molecule has 1 atom stereocenters. The summed E-state index contributed by atoms with van der Waals surface area (Å²) in [6, 6.07) is 15.5. The van der Waals surface area contributed by atoms with Crippen LogP contribution in [0.2, 0.25) is 0 Å². The Morgan fingerprint density at radius 1 is 1.00 bits per heavy atom. The van der Waals surface area contributed by atoms with Crippen LogP contribution in [0.4, 0.5) is 0 Å². The van der Waals surface area contributed by atoms with E-state index in [1.54, 1.807) is 12.1 Å². The number of rotatable bonds is 12. The predicted molar refractivity (Wildman–Crippen MR) is 146 cm³/mol. The number of hydrogen-bond donors (Lipinski definition) is 2. The molecule has 0 aliphatic carbocycles. The fourth-order valence-corrected chi connectivity index (χ4v) is 7.52. The summed E-state index contributed by atoms with van der Waals surface area (Å²) in [7, 11) is 0. The number of carbonyl (C=O) groups is 1. The van der Waals surface area contributed by atoms with Gasteiger partial charge in [-0.05, 0) is 53.4 Å². The summed E-state index contributed by atoms with van der Waals surface area (Å²) in [5.41, 5.74) is -0.540. The molecule has 0 spiro atoms. The molecule has 37 heavy (non-hydrogen) atoms. The Morgan fingerprint density at radius 2 is 1.68 bits per heavy atom. The fourth-order valence-electron chi connectivity index (χ4n) is 5.81. The highest BCUT2D eigenvalue weighted by Gasteiger charge is 2.51. The second-order valence-corrected chi connectivity index (χ2v) is 12.2. The number of fused-ring (bicyclic) bond motifs is 3. The number of benzene rings is 1. The van der Waals surface area contributed by atoms with E-state index in [2.05, 4.69) is 12.1 Å². The van der Waals surface area contributed by atoms with Crippen LogP contribution in [-0.2, 0) is 21.6 Å². The molecule has 6 nitrogen and oxygen atoms in total. The zero-order valence-corrected chi connectivity index (χ0v) is 22.7. The van der Waals surface area contributed by atoms with Crippen molar-refractivity contribution in [1.82, 2.24) is 0 Å². The first-order chi connectivity index (χ1) is 18.0. The van der Waals surface area contributed by atoms with Gasteiger partial charge in [-0.2, -0.15) is 0 Å². The van der Waals surface area contributed by atoms with Gasteiger partial charge in [0.2, 0.25) is 5.60 Å². The molecule has 3 fully saturated rings. The maximum atomic E-state index is 13.5. The Kier molecular flexibility index (Phi) is 8.31. The number of quaternary nitrogens is 1. The van der Waals surface area contributed by atoms with E-state index in [-0.39, 0.29) is 12.7 Å². The second kappa shape index (κ2) is 11.7. The summed E-state index contributed by atoms with van der Waals surface area (Å²) in [5.74, 6) is 0.680. The third-order valence-corrected chi connectivity index (χ3v) is 9.90. The van der Waals surface area contributed by atoms with Crippen molar-refractivity contribution < 1.29 is 29.0 Å². The number of thiophene rings is 2.